The summed E-state index contributed by atoms with van der Waals surface area (Å²) in [6.07, 6.45) is 3.18. The fraction of sp³-hybridized carbons (Fsp3) is 1.00. The molecule has 3 atom stereocenters. The molecule has 0 fully saturated rings. The highest BCUT2D eigenvalue weighted by Crippen LogP contribution is 2.11. The van der Waals surface area contributed by atoms with Gasteiger partial charge in [-0.15, -0.1) is 0 Å². The van der Waals surface area contributed by atoms with Crippen LogP contribution in [0, 0.1) is 5.92 Å². The number of hydrogen-bond acceptors (Lipinski definition) is 2. The zero-order chi connectivity index (χ0) is 10.3. The highest BCUT2D eigenvalue weighted by molar-refractivity contribution is 4.63. The Kier molecular flexibility index (Phi) is 7.29. The summed E-state index contributed by atoms with van der Waals surface area (Å²) < 4.78 is 5.47. The summed E-state index contributed by atoms with van der Waals surface area (Å²) in [5.74, 6) is 0.356. The predicted molar refractivity (Wildman–Crippen MR) is 55.8 cm³/mol. The summed E-state index contributed by atoms with van der Waals surface area (Å²) in [6, 6.07) is 0. The number of hydrogen-bond donors (Lipinski definition) is 1. The molecule has 0 radical (unpaired) electrons. The summed E-state index contributed by atoms with van der Waals surface area (Å²) in [5.41, 5.74) is 0. The lowest BCUT2D eigenvalue weighted by atomic mass is 10.0. The zero-order valence-corrected chi connectivity index (χ0v) is 9.42. The topological polar surface area (TPSA) is 29.5 Å². The Bertz CT molecular complexity index is 115. The lowest BCUT2D eigenvalue weighted by Gasteiger charge is -2.20. The van der Waals surface area contributed by atoms with E-state index in [0.29, 0.717) is 12.5 Å². The predicted octanol–water partition coefficient (Wildman–Crippen LogP) is 2.60. The molecule has 0 spiro atoms. The quantitative estimate of drug-likeness (QED) is 0.665. The van der Waals surface area contributed by atoms with Crippen molar-refractivity contribution < 1.29 is 9.84 Å². The van der Waals surface area contributed by atoms with Gasteiger partial charge in [-0.1, -0.05) is 27.2 Å². The van der Waals surface area contributed by atoms with Crippen molar-refractivity contribution in [1.29, 1.82) is 0 Å². The van der Waals surface area contributed by atoms with Crippen LogP contribution in [0.5, 0.6) is 0 Å². The minimum atomic E-state index is -0.297. The molecule has 0 amide bonds. The number of ether oxygens (including phenoxy) is 1. The van der Waals surface area contributed by atoms with Gasteiger partial charge in [0.2, 0.25) is 0 Å². The van der Waals surface area contributed by atoms with Gasteiger partial charge < -0.3 is 9.84 Å². The third kappa shape index (κ3) is 6.05. The van der Waals surface area contributed by atoms with E-state index in [9.17, 15) is 5.11 Å². The second-order valence-corrected chi connectivity index (χ2v) is 3.89. The number of rotatable bonds is 7. The third-order valence-corrected chi connectivity index (χ3v) is 2.53. The van der Waals surface area contributed by atoms with Crippen molar-refractivity contribution in [2.45, 2.75) is 59.2 Å². The fourth-order valence-electron chi connectivity index (χ4n) is 1.19. The summed E-state index contributed by atoms with van der Waals surface area (Å²) >= 11 is 0. The molecule has 0 bridgehead atoms. The Morgan fingerprint density at radius 1 is 1.23 bits per heavy atom. The monoisotopic (exact) mass is 188 g/mol. The molecule has 13 heavy (non-hydrogen) atoms. The van der Waals surface area contributed by atoms with E-state index < -0.39 is 0 Å². The van der Waals surface area contributed by atoms with E-state index in [-0.39, 0.29) is 12.2 Å². The van der Waals surface area contributed by atoms with Crippen LogP contribution in [0.2, 0.25) is 0 Å². The van der Waals surface area contributed by atoms with Crippen LogP contribution in [-0.2, 0) is 4.74 Å². The van der Waals surface area contributed by atoms with Crippen LogP contribution in [0.4, 0.5) is 0 Å². The first kappa shape index (κ1) is 12.9. The molecular weight excluding hydrogens is 164 g/mol. The highest BCUT2D eigenvalue weighted by atomic mass is 16.5. The molecule has 0 aliphatic heterocycles. The standard InChI is InChI=1S/C11H24O2/c1-5-7-9(3)11(12)8-13-10(4)6-2/h9-12H,5-8H2,1-4H3. The van der Waals surface area contributed by atoms with Crippen molar-refractivity contribution in [3.8, 4) is 0 Å². The van der Waals surface area contributed by atoms with Crippen molar-refractivity contribution >= 4 is 0 Å². The first-order chi connectivity index (χ1) is 6.11. The van der Waals surface area contributed by atoms with E-state index in [2.05, 4.69) is 20.8 Å². The number of aliphatic hydroxyl groups excluding tert-OH is 1. The Balaban J connectivity index is 3.54. The van der Waals surface area contributed by atoms with E-state index in [1.165, 1.54) is 0 Å². The molecule has 2 heteroatoms. The second-order valence-electron chi connectivity index (χ2n) is 3.89. The molecule has 0 saturated heterocycles. The Labute approximate surface area is 82.3 Å². The molecule has 2 nitrogen and oxygen atoms in total. The molecule has 0 aliphatic rings. The maximum absolute atomic E-state index is 9.67. The molecule has 3 unspecified atom stereocenters. The van der Waals surface area contributed by atoms with Gasteiger partial charge in [0.15, 0.2) is 0 Å². The second kappa shape index (κ2) is 7.34. The van der Waals surface area contributed by atoms with Gasteiger partial charge in [-0.25, -0.2) is 0 Å². The van der Waals surface area contributed by atoms with Crippen molar-refractivity contribution in [2.75, 3.05) is 6.61 Å². The molecule has 0 aromatic rings. The minimum absolute atomic E-state index is 0.267. The molecule has 0 aliphatic carbocycles. The maximum Gasteiger partial charge on any atom is 0.0799 e. The number of aliphatic hydroxyl groups is 1. The summed E-state index contributed by atoms with van der Waals surface area (Å²) in [4.78, 5) is 0. The third-order valence-electron chi connectivity index (χ3n) is 2.53. The largest absolute Gasteiger partial charge is 0.390 e. The average Bonchev–Trinajstić information content (AvgIpc) is 2.13. The zero-order valence-electron chi connectivity index (χ0n) is 9.42. The van der Waals surface area contributed by atoms with E-state index >= 15 is 0 Å². The first-order valence-electron chi connectivity index (χ1n) is 5.41. The van der Waals surface area contributed by atoms with Gasteiger partial charge in [-0.2, -0.15) is 0 Å². The maximum atomic E-state index is 9.67. The van der Waals surface area contributed by atoms with Gasteiger partial charge in [-0.3, -0.25) is 0 Å². The smallest absolute Gasteiger partial charge is 0.0799 e. The van der Waals surface area contributed by atoms with E-state index in [1.54, 1.807) is 0 Å². The SMILES string of the molecule is CCCC(C)C(O)COC(C)CC. The molecule has 1 N–H and O–H groups in total. The molecule has 0 heterocycles. The van der Waals surface area contributed by atoms with E-state index in [1.807, 2.05) is 6.92 Å². The van der Waals surface area contributed by atoms with Crippen LogP contribution >= 0.6 is 0 Å². The first-order valence-corrected chi connectivity index (χ1v) is 5.41. The van der Waals surface area contributed by atoms with Crippen molar-refractivity contribution in [3.63, 3.8) is 0 Å². The average molecular weight is 188 g/mol. The Morgan fingerprint density at radius 3 is 2.31 bits per heavy atom. The molecular formula is C11H24O2. The van der Waals surface area contributed by atoms with Gasteiger partial charge in [0, 0.05) is 0 Å². The van der Waals surface area contributed by atoms with Gasteiger partial charge in [0.25, 0.3) is 0 Å². The molecule has 80 valence electrons. The van der Waals surface area contributed by atoms with Crippen molar-refractivity contribution in [2.24, 2.45) is 5.92 Å². The molecule has 0 rings (SSSR count). The van der Waals surface area contributed by atoms with Gasteiger partial charge in [0.05, 0.1) is 18.8 Å². The fourth-order valence-corrected chi connectivity index (χ4v) is 1.19. The minimum Gasteiger partial charge on any atom is -0.390 e. The van der Waals surface area contributed by atoms with Crippen LogP contribution in [0.25, 0.3) is 0 Å². The molecule has 0 aromatic carbocycles. The van der Waals surface area contributed by atoms with Crippen LogP contribution in [-0.4, -0.2) is 23.9 Å². The van der Waals surface area contributed by atoms with Crippen LogP contribution in [0.1, 0.15) is 47.0 Å². The Morgan fingerprint density at radius 2 is 1.85 bits per heavy atom. The normalized spacial score (nSPS) is 18.2. The van der Waals surface area contributed by atoms with Gasteiger partial charge in [-0.05, 0) is 25.7 Å². The molecule has 0 aromatic heterocycles. The summed E-state index contributed by atoms with van der Waals surface area (Å²) in [7, 11) is 0. The lowest BCUT2D eigenvalue weighted by Crippen LogP contribution is -2.25. The van der Waals surface area contributed by atoms with Crippen LogP contribution in [0.15, 0.2) is 0 Å². The van der Waals surface area contributed by atoms with Crippen LogP contribution < -0.4 is 0 Å². The lowest BCUT2D eigenvalue weighted by molar-refractivity contribution is -0.0244. The van der Waals surface area contributed by atoms with E-state index in [4.69, 9.17) is 4.74 Å². The Hall–Kier alpha value is -0.0800. The van der Waals surface area contributed by atoms with Crippen molar-refractivity contribution in [1.82, 2.24) is 0 Å². The van der Waals surface area contributed by atoms with Gasteiger partial charge >= 0.3 is 0 Å². The van der Waals surface area contributed by atoms with E-state index in [0.717, 1.165) is 19.3 Å². The summed E-state index contributed by atoms with van der Waals surface area (Å²) in [6.45, 7) is 8.83. The van der Waals surface area contributed by atoms with Gasteiger partial charge in [0.1, 0.15) is 0 Å². The van der Waals surface area contributed by atoms with Crippen LogP contribution in [0.3, 0.4) is 0 Å². The highest BCUT2D eigenvalue weighted by Gasteiger charge is 2.14. The van der Waals surface area contributed by atoms with Crippen molar-refractivity contribution in [3.05, 3.63) is 0 Å². The molecule has 0 saturated carbocycles. The summed E-state index contributed by atoms with van der Waals surface area (Å²) in [5, 5.41) is 9.67.